The first-order valence-corrected chi connectivity index (χ1v) is 11.0. The van der Waals surface area contributed by atoms with E-state index >= 15 is 0 Å². The van der Waals surface area contributed by atoms with Crippen molar-refractivity contribution in [1.82, 2.24) is 14.9 Å². The number of aryl methyl sites for hydroxylation is 1. The largest absolute Gasteiger partial charge is 0.496 e. The number of benzene rings is 4. The Bertz CT molecular complexity index is 1400. The highest BCUT2D eigenvalue weighted by Gasteiger charge is 2.15. The minimum absolute atomic E-state index is 0.224. The van der Waals surface area contributed by atoms with Gasteiger partial charge in [0.1, 0.15) is 11.6 Å². The van der Waals surface area contributed by atoms with Gasteiger partial charge < -0.3 is 14.6 Å². The zero-order valence-corrected chi connectivity index (χ0v) is 18.7. The molecule has 160 valence electrons. The maximum absolute atomic E-state index is 5.68. The van der Waals surface area contributed by atoms with Gasteiger partial charge in [0.25, 0.3) is 0 Å². The zero-order valence-electron chi connectivity index (χ0n) is 18.7. The van der Waals surface area contributed by atoms with Crippen LogP contribution in [0, 0.1) is 0 Å². The summed E-state index contributed by atoms with van der Waals surface area (Å²) in [6.07, 6.45) is 0. The third kappa shape index (κ3) is 3.63. The number of ether oxygens (including phenoxy) is 1. The molecular formula is C28H27N3O. The van der Waals surface area contributed by atoms with Crippen LogP contribution in [0.3, 0.4) is 0 Å². The molecule has 0 radical (unpaired) electrons. The second-order valence-corrected chi connectivity index (χ2v) is 8.19. The van der Waals surface area contributed by atoms with Gasteiger partial charge in [0.2, 0.25) is 0 Å². The lowest BCUT2D eigenvalue weighted by Crippen LogP contribution is -2.18. The molecule has 4 heteroatoms. The Morgan fingerprint density at radius 2 is 1.72 bits per heavy atom. The van der Waals surface area contributed by atoms with Crippen molar-refractivity contribution in [2.45, 2.75) is 19.5 Å². The van der Waals surface area contributed by atoms with E-state index in [4.69, 9.17) is 9.72 Å². The lowest BCUT2D eigenvalue weighted by Gasteiger charge is -2.17. The van der Waals surface area contributed by atoms with Crippen LogP contribution in [-0.4, -0.2) is 16.7 Å². The number of para-hydroxylation sites is 2. The van der Waals surface area contributed by atoms with Gasteiger partial charge in [0, 0.05) is 19.6 Å². The molecule has 0 spiro atoms. The van der Waals surface area contributed by atoms with Gasteiger partial charge in [-0.3, -0.25) is 0 Å². The predicted molar refractivity (Wildman–Crippen MR) is 132 cm³/mol. The van der Waals surface area contributed by atoms with Crippen molar-refractivity contribution in [3.63, 3.8) is 0 Å². The Morgan fingerprint density at radius 1 is 0.938 bits per heavy atom. The van der Waals surface area contributed by atoms with Crippen LogP contribution in [-0.2, 0) is 13.6 Å². The van der Waals surface area contributed by atoms with Crippen molar-refractivity contribution in [1.29, 1.82) is 0 Å². The summed E-state index contributed by atoms with van der Waals surface area (Å²) < 4.78 is 7.80. The molecule has 4 aromatic carbocycles. The number of nitrogens with one attached hydrogen (secondary N) is 1. The maximum Gasteiger partial charge on any atom is 0.144 e. The Balaban J connectivity index is 1.44. The number of aromatic nitrogens is 2. The minimum Gasteiger partial charge on any atom is -0.496 e. The van der Waals surface area contributed by atoms with Crippen LogP contribution in [0.1, 0.15) is 24.1 Å². The summed E-state index contributed by atoms with van der Waals surface area (Å²) in [6.45, 7) is 2.98. The molecule has 0 aliphatic heterocycles. The standard InChI is InChI=1S/C28H27N3O/c1-19(22-12-8-10-21-9-4-5-11-23(21)22)29-18-20-15-16-27(32-3)24(17-20)28-30-25-13-6-7-14-26(25)31(28)2/h4-17,19,29H,18H2,1-3H3. The molecule has 1 unspecified atom stereocenters. The molecule has 0 fully saturated rings. The van der Waals surface area contributed by atoms with E-state index in [0.29, 0.717) is 0 Å². The highest BCUT2D eigenvalue weighted by atomic mass is 16.5. The van der Waals surface area contributed by atoms with Gasteiger partial charge in [0.05, 0.1) is 23.7 Å². The van der Waals surface area contributed by atoms with E-state index in [1.807, 2.05) is 24.3 Å². The number of fused-ring (bicyclic) bond motifs is 2. The molecule has 1 aromatic heterocycles. The zero-order chi connectivity index (χ0) is 22.1. The van der Waals surface area contributed by atoms with Gasteiger partial charge in [-0.15, -0.1) is 0 Å². The number of hydrogen-bond acceptors (Lipinski definition) is 3. The van der Waals surface area contributed by atoms with E-state index in [0.717, 1.165) is 34.7 Å². The summed E-state index contributed by atoms with van der Waals surface area (Å²) >= 11 is 0. The van der Waals surface area contributed by atoms with Crippen LogP contribution >= 0.6 is 0 Å². The SMILES string of the molecule is COc1ccc(CNC(C)c2cccc3ccccc23)cc1-c1nc2ccccc2n1C. The molecule has 5 rings (SSSR count). The molecule has 1 N–H and O–H groups in total. The topological polar surface area (TPSA) is 39.1 Å². The molecular weight excluding hydrogens is 394 g/mol. The van der Waals surface area contributed by atoms with Crippen molar-refractivity contribution in [3.05, 3.63) is 96.1 Å². The quantitative estimate of drug-likeness (QED) is 0.352. The van der Waals surface area contributed by atoms with Crippen LogP contribution in [0.15, 0.2) is 84.9 Å². The number of rotatable bonds is 6. The van der Waals surface area contributed by atoms with Crippen molar-refractivity contribution < 1.29 is 4.74 Å². The van der Waals surface area contributed by atoms with Crippen molar-refractivity contribution >= 4 is 21.8 Å². The van der Waals surface area contributed by atoms with E-state index in [9.17, 15) is 0 Å². The predicted octanol–water partition coefficient (Wildman–Crippen LogP) is 6.25. The monoisotopic (exact) mass is 421 g/mol. The van der Waals surface area contributed by atoms with Crippen LogP contribution in [0.5, 0.6) is 5.75 Å². The normalized spacial score (nSPS) is 12.3. The first kappa shape index (κ1) is 20.3. The second-order valence-electron chi connectivity index (χ2n) is 8.19. The van der Waals surface area contributed by atoms with Crippen LogP contribution in [0.25, 0.3) is 33.2 Å². The summed E-state index contributed by atoms with van der Waals surface area (Å²) in [7, 11) is 3.76. The molecule has 5 aromatic rings. The van der Waals surface area contributed by atoms with E-state index in [-0.39, 0.29) is 6.04 Å². The molecule has 4 nitrogen and oxygen atoms in total. The van der Waals surface area contributed by atoms with E-state index in [2.05, 4.69) is 84.5 Å². The summed E-state index contributed by atoms with van der Waals surface area (Å²) in [4.78, 5) is 4.87. The van der Waals surface area contributed by atoms with Crippen molar-refractivity contribution in [2.75, 3.05) is 7.11 Å². The molecule has 1 atom stereocenters. The average Bonchev–Trinajstić information content (AvgIpc) is 3.18. The molecule has 1 heterocycles. The van der Waals surface area contributed by atoms with Gasteiger partial charge in [-0.05, 0) is 53.1 Å². The van der Waals surface area contributed by atoms with Crippen molar-refractivity contribution in [3.8, 4) is 17.1 Å². The van der Waals surface area contributed by atoms with E-state index in [1.54, 1.807) is 7.11 Å². The molecule has 0 saturated carbocycles. The third-order valence-corrected chi connectivity index (χ3v) is 6.19. The van der Waals surface area contributed by atoms with Crippen molar-refractivity contribution in [2.24, 2.45) is 7.05 Å². The fraction of sp³-hybridized carbons (Fsp3) is 0.179. The van der Waals surface area contributed by atoms with Gasteiger partial charge in [-0.1, -0.05) is 60.7 Å². The highest BCUT2D eigenvalue weighted by molar-refractivity contribution is 5.86. The maximum atomic E-state index is 5.68. The van der Waals surface area contributed by atoms with E-state index in [1.165, 1.54) is 21.9 Å². The summed E-state index contributed by atoms with van der Waals surface area (Å²) in [5, 5.41) is 6.26. The summed E-state index contributed by atoms with van der Waals surface area (Å²) in [5.74, 6) is 1.74. The number of imidazole rings is 1. The lowest BCUT2D eigenvalue weighted by molar-refractivity contribution is 0.415. The Kier molecular flexibility index (Phi) is 5.38. The first-order chi connectivity index (χ1) is 15.7. The second kappa shape index (κ2) is 8.48. The highest BCUT2D eigenvalue weighted by Crippen LogP contribution is 2.32. The molecule has 0 amide bonds. The molecule has 0 aliphatic carbocycles. The fourth-order valence-corrected chi connectivity index (χ4v) is 4.44. The summed E-state index contributed by atoms with van der Waals surface area (Å²) in [6, 6.07) is 29.8. The number of nitrogens with zero attached hydrogens (tertiary/aromatic N) is 2. The third-order valence-electron chi connectivity index (χ3n) is 6.19. The van der Waals surface area contributed by atoms with Gasteiger partial charge in [-0.25, -0.2) is 4.98 Å². The lowest BCUT2D eigenvalue weighted by atomic mass is 9.99. The van der Waals surface area contributed by atoms with Gasteiger partial charge in [-0.2, -0.15) is 0 Å². The Labute approximate surface area is 188 Å². The number of hydrogen-bond donors (Lipinski definition) is 1. The molecule has 0 bridgehead atoms. The van der Waals surface area contributed by atoms with E-state index < -0.39 is 0 Å². The molecule has 0 aliphatic rings. The summed E-state index contributed by atoms with van der Waals surface area (Å²) in [5.41, 5.74) is 5.60. The Hall–Kier alpha value is -3.63. The van der Waals surface area contributed by atoms with Gasteiger partial charge >= 0.3 is 0 Å². The number of methoxy groups -OCH3 is 1. The van der Waals surface area contributed by atoms with Crippen LogP contribution in [0.4, 0.5) is 0 Å². The Morgan fingerprint density at radius 3 is 2.56 bits per heavy atom. The smallest absolute Gasteiger partial charge is 0.144 e. The fourth-order valence-electron chi connectivity index (χ4n) is 4.44. The first-order valence-electron chi connectivity index (χ1n) is 11.0. The van der Waals surface area contributed by atoms with Crippen LogP contribution < -0.4 is 10.1 Å². The molecule has 0 saturated heterocycles. The van der Waals surface area contributed by atoms with Crippen LogP contribution in [0.2, 0.25) is 0 Å². The van der Waals surface area contributed by atoms with Gasteiger partial charge in [0.15, 0.2) is 0 Å². The molecule has 32 heavy (non-hydrogen) atoms. The average molecular weight is 422 g/mol. The minimum atomic E-state index is 0.224.